The number of ether oxygens (including phenoxy) is 4. The van der Waals surface area contributed by atoms with Crippen LogP contribution in [0.3, 0.4) is 0 Å². The van der Waals surface area contributed by atoms with Gasteiger partial charge < -0.3 is 23.8 Å². The van der Waals surface area contributed by atoms with Crippen molar-refractivity contribution in [3.8, 4) is 5.75 Å². The number of amides is 1. The number of anilines is 1. The molecule has 13 heteroatoms. The van der Waals surface area contributed by atoms with Crippen LogP contribution in [0.5, 0.6) is 5.75 Å². The Morgan fingerprint density at radius 1 is 1.05 bits per heavy atom. The summed E-state index contributed by atoms with van der Waals surface area (Å²) in [6.45, 7) is 10.2. The number of hydrogen-bond acceptors (Lipinski definition) is 10. The number of carbonyl (C=O) groups is 1. The van der Waals surface area contributed by atoms with Crippen LogP contribution in [0.2, 0.25) is 5.02 Å². The van der Waals surface area contributed by atoms with Crippen molar-refractivity contribution >= 4 is 33.2 Å². The highest BCUT2D eigenvalue weighted by Gasteiger charge is 2.50. The molecule has 4 heterocycles. The van der Waals surface area contributed by atoms with Crippen LogP contribution in [-0.2, 0) is 36.1 Å². The number of fused-ring (bicyclic) bond motifs is 4. The highest BCUT2D eigenvalue weighted by Crippen LogP contribution is 2.49. The number of benzene rings is 2. The molecule has 2 saturated heterocycles. The summed E-state index contributed by atoms with van der Waals surface area (Å²) in [6.07, 6.45) is 9.93. The van der Waals surface area contributed by atoms with Gasteiger partial charge in [-0.3, -0.25) is 14.6 Å². The molecule has 1 N–H and O–H groups in total. The van der Waals surface area contributed by atoms with Gasteiger partial charge in [-0.05, 0) is 97.7 Å². The van der Waals surface area contributed by atoms with Gasteiger partial charge in [0.2, 0.25) is 10.0 Å². The summed E-state index contributed by atoms with van der Waals surface area (Å²) in [5.41, 5.74) is 2.79. The second-order valence-electron chi connectivity index (χ2n) is 17.0. The number of piperazine rings is 1. The molecule has 4 aliphatic heterocycles. The quantitative estimate of drug-likeness (QED) is 0.406. The fraction of sp³-hybridized carbons (Fsp3) is 0.643. The van der Waals surface area contributed by atoms with Crippen molar-refractivity contribution in [2.24, 2.45) is 17.8 Å². The number of allylic oxidation sites excluding steroid dienone is 1. The van der Waals surface area contributed by atoms with Crippen molar-refractivity contribution in [2.45, 2.75) is 67.8 Å². The maximum atomic E-state index is 13.9. The van der Waals surface area contributed by atoms with Gasteiger partial charge in [0, 0.05) is 76.0 Å². The van der Waals surface area contributed by atoms with Gasteiger partial charge in [0.1, 0.15) is 16.6 Å². The number of halogens is 1. The lowest BCUT2D eigenvalue weighted by Crippen LogP contribution is -2.61. The van der Waals surface area contributed by atoms with Gasteiger partial charge in [0.25, 0.3) is 5.91 Å². The predicted molar refractivity (Wildman–Crippen MR) is 214 cm³/mol. The minimum Gasteiger partial charge on any atom is -0.490 e. The zero-order chi connectivity index (χ0) is 38.4. The Bertz CT molecular complexity index is 1870. The van der Waals surface area contributed by atoms with E-state index in [-0.39, 0.29) is 29.4 Å². The highest BCUT2D eigenvalue weighted by molar-refractivity contribution is 7.90. The molecule has 0 aromatic heterocycles. The van der Waals surface area contributed by atoms with Crippen LogP contribution < -0.4 is 14.4 Å². The Labute approximate surface area is 331 Å². The van der Waals surface area contributed by atoms with Crippen LogP contribution in [0.4, 0.5) is 5.69 Å². The molecule has 0 unspecified atom stereocenters. The lowest BCUT2D eigenvalue weighted by Gasteiger charge is -2.52. The number of hydrogen-bond donors (Lipinski definition) is 1. The van der Waals surface area contributed by atoms with Gasteiger partial charge >= 0.3 is 0 Å². The molecule has 300 valence electrons. The summed E-state index contributed by atoms with van der Waals surface area (Å²) >= 11 is 6.52. The summed E-state index contributed by atoms with van der Waals surface area (Å²) in [4.78, 5) is 21.3. The SMILES string of the molecule is COC[C@@H]1[C@@H](C)C/C=C\[C@@](CN2CCN(C3COC3)CC2)(OC)[C@@H]2CC[C@H]2CN2C[C@@]3(CCCc4cc(Cl)ccc43)COc3ccc(cc32)C(=O)NS1(=O)=O. The van der Waals surface area contributed by atoms with Crippen molar-refractivity contribution in [3.05, 3.63) is 70.3 Å². The van der Waals surface area contributed by atoms with E-state index in [0.717, 1.165) is 95.3 Å². The monoisotopic (exact) mass is 796 g/mol. The fourth-order valence-electron chi connectivity index (χ4n) is 10.2. The van der Waals surface area contributed by atoms with Gasteiger partial charge in [-0.1, -0.05) is 36.7 Å². The van der Waals surface area contributed by atoms with Gasteiger partial charge in [0.05, 0.1) is 38.2 Å². The molecule has 2 aliphatic carbocycles. The molecule has 3 fully saturated rings. The van der Waals surface area contributed by atoms with Crippen LogP contribution in [0.15, 0.2) is 48.6 Å². The molecule has 2 bridgehead atoms. The van der Waals surface area contributed by atoms with E-state index in [1.54, 1.807) is 6.07 Å². The summed E-state index contributed by atoms with van der Waals surface area (Å²) in [5.74, 6) is 0.280. The lowest BCUT2D eigenvalue weighted by molar-refractivity contribution is -0.107. The minimum atomic E-state index is -4.10. The number of methoxy groups -OCH3 is 2. The maximum absolute atomic E-state index is 13.9. The van der Waals surface area contributed by atoms with Gasteiger partial charge in [-0.2, -0.15) is 0 Å². The summed E-state index contributed by atoms with van der Waals surface area (Å²) in [5, 5.41) is -0.192. The molecular weight excluding hydrogens is 740 g/mol. The van der Waals surface area contributed by atoms with E-state index in [1.807, 2.05) is 32.2 Å². The van der Waals surface area contributed by atoms with Gasteiger partial charge in [-0.25, -0.2) is 13.1 Å². The van der Waals surface area contributed by atoms with Crippen molar-refractivity contribution in [2.75, 3.05) is 91.4 Å². The molecule has 1 spiro atoms. The van der Waals surface area contributed by atoms with E-state index in [0.29, 0.717) is 37.3 Å². The molecule has 55 heavy (non-hydrogen) atoms. The average Bonchev–Trinajstić information content (AvgIpc) is 3.28. The maximum Gasteiger partial charge on any atom is 0.264 e. The molecular formula is C42H57ClN4O7S. The molecule has 11 nitrogen and oxygen atoms in total. The highest BCUT2D eigenvalue weighted by atomic mass is 35.5. The minimum absolute atomic E-state index is 0.0331. The molecule has 1 saturated carbocycles. The molecule has 2 aromatic rings. The van der Waals surface area contributed by atoms with Crippen LogP contribution in [0.25, 0.3) is 0 Å². The third-order valence-electron chi connectivity index (χ3n) is 13.7. The summed E-state index contributed by atoms with van der Waals surface area (Å²) in [7, 11) is -0.762. The van der Waals surface area contributed by atoms with E-state index in [2.05, 4.69) is 43.7 Å². The zero-order valence-corrected chi connectivity index (χ0v) is 34.1. The van der Waals surface area contributed by atoms with Gasteiger partial charge in [-0.15, -0.1) is 0 Å². The zero-order valence-electron chi connectivity index (χ0n) is 32.5. The molecule has 1 amide bonds. The summed E-state index contributed by atoms with van der Waals surface area (Å²) in [6, 6.07) is 12.1. The predicted octanol–water partition coefficient (Wildman–Crippen LogP) is 4.91. The normalized spacial score (nSPS) is 33.6. The third kappa shape index (κ3) is 7.69. The first-order valence-corrected chi connectivity index (χ1v) is 22.1. The standard InChI is InChI=1S/C42H57ClN4O7S/c1-29-6-4-15-42(52-3,27-45-16-18-46(19-17-45)34-23-53-24-34)36-11-8-32(36)22-47-26-41(14-5-7-30-20-33(43)10-12-35(30)41)28-54-38-13-9-31(21-37(38)47)40(48)44-55(49,50)39(29)25-51-2/h4,9-10,12-13,15,20-21,29,32,34,36,39H,5-8,11,14,16-19,22-28H2,1-3H3,(H,44,48)/b15-4-/t29-,32-,36+,39+,41-,42-/m0/s1. The first-order chi connectivity index (χ1) is 26.5. The lowest BCUT2D eigenvalue weighted by atomic mass is 9.63. The number of carbonyl (C=O) groups excluding carboxylic acids is 1. The second kappa shape index (κ2) is 15.9. The number of rotatable bonds is 6. The average molecular weight is 797 g/mol. The first-order valence-electron chi connectivity index (χ1n) is 20.2. The Balaban J connectivity index is 1.18. The van der Waals surface area contributed by atoms with E-state index in [9.17, 15) is 13.2 Å². The van der Waals surface area contributed by atoms with E-state index in [1.165, 1.54) is 18.2 Å². The molecule has 8 rings (SSSR count). The molecule has 6 aliphatic rings. The fourth-order valence-corrected chi connectivity index (χ4v) is 12.0. The molecule has 2 aromatic carbocycles. The Morgan fingerprint density at radius 2 is 1.87 bits per heavy atom. The first kappa shape index (κ1) is 39.1. The smallest absolute Gasteiger partial charge is 0.264 e. The third-order valence-corrected chi connectivity index (χ3v) is 15.8. The van der Waals surface area contributed by atoms with Crippen molar-refractivity contribution in [3.63, 3.8) is 0 Å². The molecule has 0 radical (unpaired) electrons. The number of sulfonamides is 1. The largest absolute Gasteiger partial charge is 0.490 e. The van der Waals surface area contributed by atoms with E-state index < -0.39 is 26.8 Å². The Hall–Kier alpha value is -2.71. The van der Waals surface area contributed by atoms with Crippen molar-refractivity contribution in [1.82, 2.24) is 14.5 Å². The van der Waals surface area contributed by atoms with Crippen LogP contribution in [-0.4, -0.2) is 127 Å². The van der Waals surface area contributed by atoms with Crippen LogP contribution >= 0.6 is 11.6 Å². The van der Waals surface area contributed by atoms with Crippen molar-refractivity contribution < 1.29 is 32.2 Å². The van der Waals surface area contributed by atoms with E-state index in [4.69, 9.17) is 30.5 Å². The van der Waals surface area contributed by atoms with Crippen LogP contribution in [0, 0.1) is 17.8 Å². The number of nitrogens with zero attached hydrogens (tertiary/aromatic N) is 3. The second-order valence-corrected chi connectivity index (χ2v) is 19.3. The molecule has 6 atom stereocenters. The Kier molecular flexibility index (Phi) is 11.3. The van der Waals surface area contributed by atoms with Gasteiger partial charge in [0.15, 0.2) is 0 Å². The number of aryl methyl sites for hydroxylation is 1. The summed E-state index contributed by atoms with van der Waals surface area (Å²) < 4.78 is 54.6. The Morgan fingerprint density at radius 3 is 2.58 bits per heavy atom. The van der Waals surface area contributed by atoms with Crippen LogP contribution in [0.1, 0.15) is 60.5 Å². The van der Waals surface area contributed by atoms with Crippen molar-refractivity contribution in [1.29, 1.82) is 0 Å². The number of nitrogens with one attached hydrogen (secondary N) is 1. The topological polar surface area (TPSA) is 110 Å². The van der Waals surface area contributed by atoms with E-state index >= 15 is 0 Å².